The molecule has 0 spiro atoms. The van der Waals surface area contributed by atoms with Crippen molar-refractivity contribution in [2.24, 2.45) is 0 Å². The topological polar surface area (TPSA) is 106 Å². The lowest BCUT2D eigenvalue weighted by Gasteiger charge is -2.08. The van der Waals surface area contributed by atoms with Crippen LogP contribution in [0.5, 0.6) is 11.8 Å². The fourth-order valence-electron chi connectivity index (χ4n) is 2.38. The number of nitrogens with zero attached hydrogens (tertiary/aromatic N) is 2. The van der Waals surface area contributed by atoms with E-state index in [-0.39, 0.29) is 28.7 Å². The first-order valence-corrected chi connectivity index (χ1v) is 8.49. The number of aromatic nitrogens is 1. The van der Waals surface area contributed by atoms with Gasteiger partial charge in [0.15, 0.2) is 5.78 Å². The number of hydrogen-bond acceptors (Lipinski definition) is 7. The number of hydrogen-bond donors (Lipinski definition) is 0. The van der Waals surface area contributed by atoms with Crippen LogP contribution in [0, 0.1) is 11.3 Å². The van der Waals surface area contributed by atoms with E-state index in [4.69, 9.17) is 9.47 Å². The maximum Gasteiger partial charge on any atom is 0.344 e. The van der Waals surface area contributed by atoms with E-state index < -0.39 is 11.9 Å². The quantitative estimate of drug-likeness (QED) is 0.487. The van der Waals surface area contributed by atoms with E-state index >= 15 is 0 Å². The minimum atomic E-state index is -0.802. The van der Waals surface area contributed by atoms with Crippen molar-refractivity contribution in [2.75, 3.05) is 0 Å². The Morgan fingerprint density at radius 3 is 2.17 bits per heavy atom. The highest BCUT2D eigenvalue weighted by Crippen LogP contribution is 2.21. The largest absolute Gasteiger partial charge is 0.404 e. The number of nitriles is 1. The SMILES string of the molecule is CC(=O)c1cccc(C(=O)Oc2nc(OC(=O)c3ccccc3)ccc2C#N)c1. The van der Waals surface area contributed by atoms with Crippen LogP contribution in [0.4, 0.5) is 0 Å². The molecule has 0 fully saturated rings. The second-order valence-electron chi connectivity index (χ2n) is 5.90. The Bertz CT molecular complexity index is 1130. The summed E-state index contributed by atoms with van der Waals surface area (Å²) < 4.78 is 10.4. The van der Waals surface area contributed by atoms with Crippen molar-refractivity contribution in [1.82, 2.24) is 4.98 Å². The fourth-order valence-corrected chi connectivity index (χ4v) is 2.38. The molecule has 0 bridgehead atoms. The third kappa shape index (κ3) is 4.70. The van der Waals surface area contributed by atoms with Gasteiger partial charge in [-0.1, -0.05) is 30.3 Å². The number of carbonyl (C=O) groups excluding carboxylic acids is 3. The zero-order valence-electron chi connectivity index (χ0n) is 15.3. The number of ketones is 1. The molecule has 142 valence electrons. The summed E-state index contributed by atoms with van der Waals surface area (Å²) in [5.41, 5.74) is 0.771. The van der Waals surface area contributed by atoms with Gasteiger partial charge in [-0.3, -0.25) is 4.79 Å². The van der Waals surface area contributed by atoms with Gasteiger partial charge >= 0.3 is 11.9 Å². The van der Waals surface area contributed by atoms with E-state index in [2.05, 4.69) is 4.98 Å². The van der Waals surface area contributed by atoms with Crippen molar-refractivity contribution in [1.29, 1.82) is 5.26 Å². The van der Waals surface area contributed by atoms with Gasteiger partial charge in [-0.05, 0) is 37.3 Å². The molecule has 0 aliphatic rings. The molecule has 0 radical (unpaired) electrons. The lowest BCUT2D eigenvalue weighted by Crippen LogP contribution is -2.13. The molecule has 0 saturated heterocycles. The monoisotopic (exact) mass is 386 g/mol. The van der Waals surface area contributed by atoms with Crippen molar-refractivity contribution >= 4 is 17.7 Å². The second-order valence-corrected chi connectivity index (χ2v) is 5.90. The molecule has 2 aromatic carbocycles. The number of rotatable bonds is 5. The van der Waals surface area contributed by atoms with Gasteiger partial charge in [-0.15, -0.1) is 0 Å². The molecule has 1 heterocycles. The van der Waals surface area contributed by atoms with E-state index in [0.29, 0.717) is 11.1 Å². The van der Waals surface area contributed by atoms with Gasteiger partial charge in [0.25, 0.3) is 0 Å². The normalized spacial score (nSPS) is 9.93. The minimum absolute atomic E-state index is 0.0133. The van der Waals surface area contributed by atoms with Crippen molar-refractivity contribution < 1.29 is 23.9 Å². The maximum atomic E-state index is 12.4. The van der Waals surface area contributed by atoms with E-state index in [0.717, 1.165) is 0 Å². The molecule has 1 aromatic heterocycles. The van der Waals surface area contributed by atoms with Gasteiger partial charge in [0, 0.05) is 11.6 Å². The summed E-state index contributed by atoms with van der Waals surface area (Å²) in [5, 5.41) is 9.24. The number of carbonyl (C=O) groups is 3. The van der Waals surface area contributed by atoms with Gasteiger partial charge in [0.05, 0.1) is 11.1 Å². The molecule has 7 heteroatoms. The van der Waals surface area contributed by atoms with Crippen LogP contribution in [0.2, 0.25) is 0 Å². The van der Waals surface area contributed by atoms with E-state index in [1.165, 1.54) is 31.2 Å². The van der Waals surface area contributed by atoms with Crippen LogP contribution in [-0.4, -0.2) is 22.7 Å². The van der Waals surface area contributed by atoms with E-state index in [9.17, 15) is 19.6 Å². The number of esters is 2. The Labute approximate surface area is 166 Å². The molecule has 3 rings (SSSR count). The zero-order valence-corrected chi connectivity index (χ0v) is 15.3. The molecule has 0 aliphatic carbocycles. The Morgan fingerprint density at radius 1 is 0.828 bits per heavy atom. The fraction of sp³-hybridized carbons (Fsp3) is 0.0455. The second kappa shape index (κ2) is 8.59. The molecule has 7 nitrogen and oxygen atoms in total. The van der Waals surface area contributed by atoms with Crippen LogP contribution >= 0.6 is 0 Å². The first-order chi connectivity index (χ1) is 14.0. The maximum absolute atomic E-state index is 12.4. The van der Waals surface area contributed by atoms with Crippen LogP contribution in [0.15, 0.2) is 66.7 Å². The summed E-state index contributed by atoms with van der Waals surface area (Å²) in [7, 11) is 0. The van der Waals surface area contributed by atoms with Crippen molar-refractivity contribution in [3.63, 3.8) is 0 Å². The molecular formula is C22H14N2O5. The summed E-state index contributed by atoms with van der Waals surface area (Å²) in [6, 6.07) is 18.8. The minimum Gasteiger partial charge on any atom is -0.404 e. The Hall–Kier alpha value is -4.31. The highest BCUT2D eigenvalue weighted by molar-refractivity contribution is 5.98. The van der Waals surface area contributed by atoms with Gasteiger partial charge < -0.3 is 9.47 Å². The molecule has 0 unspecified atom stereocenters. The standard InChI is InChI=1S/C22H14N2O5/c1-14(25)16-8-5-9-17(12-16)22(27)29-20-18(13-23)10-11-19(24-20)28-21(26)15-6-3-2-4-7-15/h2-12H,1H3. The molecule has 0 aliphatic heterocycles. The predicted octanol–water partition coefficient (Wildman–Crippen LogP) is 3.59. The summed E-state index contributed by atoms with van der Waals surface area (Å²) in [4.78, 5) is 40.0. The summed E-state index contributed by atoms with van der Waals surface area (Å²) in [6.07, 6.45) is 0. The third-order valence-corrected chi connectivity index (χ3v) is 3.86. The highest BCUT2D eigenvalue weighted by atomic mass is 16.6. The van der Waals surface area contributed by atoms with Crippen LogP contribution in [0.1, 0.15) is 43.6 Å². The van der Waals surface area contributed by atoms with Crippen LogP contribution < -0.4 is 9.47 Å². The first kappa shape index (κ1) is 19.5. The van der Waals surface area contributed by atoms with Crippen LogP contribution in [-0.2, 0) is 0 Å². The molecule has 0 saturated carbocycles. The number of ether oxygens (including phenoxy) is 2. The molecule has 0 amide bonds. The average molecular weight is 386 g/mol. The first-order valence-electron chi connectivity index (χ1n) is 8.49. The molecule has 0 atom stereocenters. The number of benzene rings is 2. The van der Waals surface area contributed by atoms with Crippen molar-refractivity contribution in [3.8, 4) is 17.8 Å². The Kier molecular flexibility index (Phi) is 5.76. The van der Waals surface area contributed by atoms with E-state index in [1.54, 1.807) is 42.5 Å². The van der Waals surface area contributed by atoms with Gasteiger partial charge in [-0.2, -0.15) is 10.2 Å². The predicted molar refractivity (Wildman–Crippen MR) is 102 cm³/mol. The Balaban J connectivity index is 1.83. The number of Topliss-reactive ketones (excluding diaryl/α,β-unsaturated/α-hetero) is 1. The smallest absolute Gasteiger partial charge is 0.344 e. The van der Waals surface area contributed by atoms with E-state index in [1.807, 2.05) is 6.07 Å². The van der Waals surface area contributed by atoms with Gasteiger partial charge in [0.2, 0.25) is 11.8 Å². The molecule has 29 heavy (non-hydrogen) atoms. The average Bonchev–Trinajstić information content (AvgIpc) is 2.74. The van der Waals surface area contributed by atoms with Gasteiger partial charge in [0.1, 0.15) is 11.6 Å². The van der Waals surface area contributed by atoms with Crippen molar-refractivity contribution in [3.05, 3.63) is 89.0 Å². The van der Waals surface area contributed by atoms with Crippen LogP contribution in [0.3, 0.4) is 0 Å². The lowest BCUT2D eigenvalue weighted by atomic mass is 10.1. The molecule has 3 aromatic rings. The molecular weight excluding hydrogens is 372 g/mol. The summed E-state index contributed by atoms with van der Waals surface area (Å²) >= 11 is 0. The van der Waals surface area contributed by atoms with Gasteiger partial charge in [-0.25, -0.2) is 9.59 Å². The summed E-state index contributed by atoms with van der Waals surface area (Å²) in [6.45, 7) is 1.38. The third-order valence-electron chi connectivity index (χ3n) is 3.86. The zero-order chi connectivity index (χ0) is 20.8. The highest BCUT2D eigenvalue weighted by Gasteiger charge is 2.17. The van der Waals surface area contributed by atoms with Crippen molar-refractivity contribution in [2.45, 2.75) is 6.92 Å². The number of pyridine rings is 1. The van der Waals surface area contributed by atoms with Crippen LogP contribution in [0.25, 0.3) is 0 Å². The lowest BCUT2D eigenvalue weighted by molar-refractivity contribution is 0.0717. The molecule has 0 N–H and O–H groups in total. The summed E-state index contributed by atoms with van der Waals surface area (Å²) in [5.74, 6) is -2.08. The Morgan fingerprint density at radius 2 is 1.48 bits per heavy atom.